The Kier molecular flexibility index (Phi) is 12.6. The smallest absolute Gasteiger partial charge is 0.415 e. The summed E-state index contributed by atoms with van der Waals surface area (Å²) in [5, 5.41) is 9.97. The van der Waals surface area contributed by atoms with E-state index >= 15 is 4.39 Å². The van der Waals surface area contributed by atoms with Crippen molar-refractivity contribution in [2.45, 2.75) is 95.9 Å². The molecule has 1 aliphatic rings. The number of halogens is 2. The number of rotatable bonds is 7. The zero-order valence-electron chi connectivity index (χ0n) is 28.5. The fourth-order valence-corrected chi connectivity index (χ4v) is 5.99. The third-order valence-corrected chi connectivity index (χ3v) is 8.60. The summed E-state index contributed by atoms with van der Waals surface area (Å²) in [6.07, 6.45) is 1.80. The van der Waals surface area contributed by atoms with E-state index in [1.807, 2.05) is 0 Å². The zero-order chi connectivity index (χ0) is 35.3. The number of ether oxygens (including phenoxy) is 2. The first-order chi connectivity index (χ1) is 21.9. The number of aryl methyl sites for hydroxylation is 1. The Bertz CT molecular complexity index is 1630. The molecule has 2 heterocycles. The lowest BCUT2D eigenvalue weighted by molar-refractivity contribution is -0.128. The molecule has 1 aromatic carbocycles. The molecule has 1 saturated heterocycles. The number of thioether (sulfide) groups is 1. The molecule has 0 saturated carbocycles. The third kappa shape index (κ3) is 9.74. The average molecular weight is 733 g/mol. The molecule has 1 unspecified atom stereocenters. The van der Waals surface area contributed by atoms with Crippen molar-refractivity contribution in [2.24, 2.45) is 0 Å². The molecule has 1 fully saturated rings. The molecule has 10 nitrogen and oxygen atoms in total. The number of fused-ring (bicyclic) bond motifs is 1. The van der Waals surface area contributed by atoms with Gasteiger partial charge in [-0.25, -0.2) is 19.0 Å². The fourth-order valence-electron chi connectivity index (χ4n) is 4.96. The van der Waals surface area contributed by atoms with Crippen LogP contribution in [0.15, 0.2) is 15.6 Å². The van der Waals surface area contributed by atoms with Gasteiger partial charge in [-0.1, -0.05) is 11.8 Å². The number of carbonyl (C=O) groups excluding carboxylic acids is 3. The van der Waals surface area contributed by atoms with E-state index in [2.05, 4.69) is 38.8 Å². The first kappa shape index (κ1) is 37.9. The minimum absolute atomic E-state index is 0.0147. The monoisotopic (exact) mass is 731 g/mol. The maximum atomic E-state index is 16.1. The van der Waals surface area contributed by atoms with Crippen LogP contribution >= 0.6 is 27.7 Å². The average Bonchev–Trinajstić information content (AvgIpc) is 3.45. The van der Waals surface area contributed by atoms with Crippen molar-refractivity contribution < 1.29 is 28.2 Å². The number of amides is 3. The quantitative estimate of drug-likeness (QED) is 0.216. The van der Waals surface area contributed by atoms with E-state index in [1.54, 1.807) is 72.9 Å². The van der Waals surface area contributed by atoms with Gasteiger partial charge in [-0.3, -0.25) is 9.69 Å². The summed E-state index contributed by atoms with van der Waals surface area (Å²) >= 11 is 4.60. The minimum atomic E-state index is -0.880. The van der Waals surface area contributed by atoms with Crippen molar-refractivity contribution in [1.82, 2.24) is 14.8 Å². The second-order valence-corrected chi connectivity index (χ2v) is 15.0. The Labute approximate surface area is 289 Å². The Morgan fingerprint density at radius 1 is 1.15 bits per heavy atom. The number of anilines is 1. The molecule has 3 amide bonds. The van der Waals surface area contributed by atoms with E-state index in [9.17, 15) is 19.6 Å². The highest BCUT2D eigenvalue weighted by molar-refractivity contribution is 9.10. The van der Waals surface area contributed by atoms with E-state index in [1.165, 1.54) is 21.6 Å². The van der Waals surface area contributed by atoms with Crippen molar-refractivity contribution in [3.05, 3.63) is 27.5 Å². The second kappa shape index (κ2) is 15.6. The van der Waals surface area contributed by atoms with Gasteiger partial charge in [-0.2, -0.15) is 5.26 Å². The Morgan fingerprint density at radius 2 is 1.81 bits per heavy atom. The number of nitriles is 1. The maximum Gasteiger partial charge on any atom is 0.415 e. The second-order valence-electron chi connectivity index (χ2n) is 13.4. The summed E-state index contributed by atoms with van der Waals surface area (Å²) in [6, 6.07) is 3.25. The molecule has 0 aliphatic carbocycles. The molecule has 0 bridgehead atoms. The van der Waals surface area contributed by atoms with Crippen molar-refractivity contribution >= 4 is 62.4 Å². The summed E-state index contributed by atoms with van der Waals surface area (Å²) in [5.41, 5.74) is -0.388. The third-order valence-electron chi connectivity index (χ3n) is 7.06. The summed E-state index contributed by atoms with van der Waals surface area (Å²) in [5.74, 6) is 5.51. The highest BCUT2D eigenvalue weighted by atomic mass is 79.9. The molecule has 1 aliphatic heterocycles. The minimum Gasteiger partial charge on any atom is -0.444 e. The normalized spacial score (nSPS) is 14.7. The summed E-state index contributed by atoms with van der Waals surface area (Å²) < 4.78 is 27.9. The van der Waals surface area contributed by atoms with Gasteiger partial charge < -0.3 is 19.3 Å². The number of benzene rings is 1. The molecule has 2 aromatic rings. The molecule has 1 atom stereocenters. The highest BCUT2D eigenvalue weighted by Gasteiger charge is 2.40. The van der Waals surface area contributed by atoms with Crippen LogP contribution in [0.1, 0.15) is 78.4 Å². The lowest BCUT2D eigenvalue weighted by atomic mass is 10.0. The molecule has 1 aromatic heterocycles. The molecule has 13 heteroatoms. The summed E-state index contributed by atoms with van der Waals surface area (Å²) in [4.78, 5) is 48.7. The largest absolute Gasteiger partial charge is 0.444 e. The molecular formula is C34H43BrFN5O5S. The lowest BCUT2D eigenvalue weighted by Crippen LogP contribution is -2.46. The van der Waals surface area contributed by atoms with E-state index < -0.39 is 35.2 Å². The molecule has 0 spiro atoms. The fraction of sp³-hybridized carbons (Fsp3) is 0.559. The number of pyridine rings is 1. The van der Waals surface area contributed by atoms with E-state index in [0.29, 0.717) is 40.2 Å². The molecule has 0 N–H and O–H groups in total. The van der Waals surface area contributed by atoms with Gasteiger partial charge in [0.15, 0.2) is 5.82 Å². The zero-order valence-corrected chi connectivity index (χ0v) is 30.9. The van der Waals surface area contributed by atoms with E-state index in [0.717, 1.165) is 0 Å². The summed E-state index contributed by atoms with van der Waals surface area (Å²) in [7, 11) is 3.34. The highest BCUT2D eigenvalue weighted by Crippen LogP contribution is 2.41. The number of carbonyl (C=O) groups is 3. The van der Waals surface area contributed by atoms with Gasteiger partial charge in [0, 0.05) is 51.8 Å². The summed E-state index contributed by atoms with van der Waals surface area (Å²) in [6.45, 7) is 11.1. The van der Waals surface area contributed by atoms with Gasteiger partial charge in [0.05, 0.1) is 27.8 Å². The Balaban J connectivity index is 2.35. The maximum absolute atomic E-state index is 16.1. The first-order valence-corrected chi connectivity index (χ1v) is 17.3. The van der Waals surface area contributed by atoms with Gasteiger partial charge in [0.1, 0.15) is 21.7 Å². The van der Waals surface area contributed by atoms with E-state index in [4.69, 9.17) is 9.47 Å². The molecule has 3 rings (SSSR count). The van der Waals surface area contributed by atoms with Crippen LogP contribution in [0, 0.1) is 29.0 Å². The number of hydrogen-bond acceptors (Lipinski definition) is 8. The molecule has 0 radical (unpaired) electrons. The van der Waals surface area contributed by atoms with Crippen LogP contribution < -0.4 is 4.90 Å². The van der Waals surface area contributed by atoms with Crippen molar-refractivity contribution in [2.75, 3.05) is 38.3 Å². The van der Waals surface area contributed by atoms with Crippen LogP contribution in [0.5, 0.6) is 0 Å². The van der Waals surface area contributed by atoms with Crippen molar-refractivity contribution in [1.29, 1.82) is 5.26 Å². The van der Waals surface area contributed by atoms with Crippen LogP contribution in [-0.4, -0.2) is 83.6 Å². The van der Waals surface area contributed by atoms with Crippen LogP contribution in [-0.2, 0) is 20.7 Å². The number of hydrogen-bond donors (Lipinski definition) is 0. The van der Waals surface area contributed by atoms with Gasteiger partial charge >= 0.3 is 12.2 Å². The van der Waals surface area contributed by atoms with Gasteiger partial charge in [0.2, 0.25) is 5.91 Å². The van der Waals surface area contributed by atoms with Crippen LogP contribution in [0.25, 0.3) is 10.9 Å². The predicted octanol–water partition coefficient (Wildman–Crippen LogP) is 7.29. The predicted molar refractivity (Wildman–Crippen MR) is 185 cm³/mol. The van der Waals surface area contributed by atoms with Crippen molar-refractivity contribution in [3.63, 3.8) is 0 Å². The first-order valence-electron chi connectivity index (χ1n) is 15.3. The Hall–Kier alpha value is -3.55. The Morgan fingerprint density at radius 3 is 2.38 bits per heavy atom. The lowest BCUT2D eigenvalue weighted by Gasteiger charge is -2.33. The van der Waals surface area contributed by atoms with Crippen LogP contribution in [0.4, 0.5) is 19.7 Å². The van der Waals surface area contributed by atoms with Gasteiger partial charge in [-0.15, -0.1) is 11.8 Å². The van der Waals surface area contributed by atoms with Gasteiger partial charge in [0.25, 0.3) is 0 Å². The van der Waals surface area contributed by atoms with Crippen LogP contribution in [0.3, 0.4) is 0 Å². The van der Waals surface area contributed by atoms with Crippen molar-refractivity contribution in [3.8, 4) is 17.9 Å². The van der Waals surface area contributed by atoms with Gasteiger partial charge in [-0.05, 0) is 88.2 Å². The topological polar surface area (TPSA) is 116 Å². The number of likely N-dealkylation sites (tertiary alicyclic amines) is 1. The number of aromatic nitrogens is 1. The number of nitrogens with zero attached hydrogens (tertiary/aromatic N) is 5. The SMILES string of the molecule is CSc1nc2c(F)c(Br)c(CCC#N)cc2c(N(C(=O)OC(C)(C)C)C2CCN(C(=O)OC(C)(C)C)C2)c1C#CCCC(=O)N(C)C. The molecule has 47 heavy (non-hydrogen) atoms. The van der Waals surface area contributed by atoms with Crippen LogP contribution in [0.2, 0.25) is 0 Å². The van der Waals surface area contributed by atoms with E-state index in [-0.39, 0.29) is 48.1 Å². The molecular weight excluding hydrogens is 689 g/mol. The molecule has 254 valence electrons. The standard InChI is InChI=1S/C34H43BrFN5O5S/c1-33(2,3)45-31(43)40-18-16-22(20-40)41(32(44)46-34(4,5)6)29-23(14-10-11-15-25(42)39(7)8)30(47-9)38-28-24(29)19-21(13-12-17-37)26(35)27(28)36/h19,22H,11-13,15-16,18,20H2,1-9H3.